The van der Waals surface area contributed by atoms with Crippen LogP contribution < -0.4 is 5.32 Å². The Morgan fingerprint density at radius 1 is 0.886 bits per heavy atom. The minimum Gasteiger partial charge on any atom is -0.310 e. The molecule has 0 radical (unpaired) electrons. The summed E-state index contributed by atoms with van der Waals surface area (Å²) in [5.74, 6) is 0.825. The molecule has 0 atom stereocenters. The van der Waals surface area contributed by atoms with Crippen molar-refractivity contribution in [3.05, 3.63) is 102 Å². The van der Waals surface area contributed by atoms with E-state index in [0.29, 0.717) is 13.1 Å². The number of para-hydroxylation sites is 1. The van der Waals surface area contributed by atoms with Gasteiger partial charge in [-0.2, -0.15) is 19.7 Å². The molecule has 0 saturated carbocycles. The second-order valence-corrected chi connectivity index (χ2v) is 9.18. The molecule has 0 bridgehead atoms. The summed E-state index contributed by atoms with van der Waals surface area (Å²) in [5.41, 5.74) is 6.28. The fourth-order valence-corrected chi connectivity index (χ4v) is 4.58. The van der Waals surface area contributed by atoms with Gasteiger partial charge in [-0.05, 0) is 35.0 Å². The molecule has 0 saturated heterocycles. The Morgan fingerprint density at radius 3 is 2.49 bits per heavy atom. The van der Waals surface area contributed by atoms with Crippen molar-refractivity contribution < 1.29 is 0 Å². The van der Waals surface area contributed by atoms with Crippen LogP contribution in [-0.2, 0) is 13.1 Å². The number of thioether (sulfide) groups is 1. The number of rotatable bonds is 10. The van der Waals surface area contributed by atoms with Crippen LogP contribution in [-0.4, -0.2) is 47.5 Å². The molecule has 8 nitrogen and oxygen atoms in total. The van der Waals surface area contributed by atoms with Gasteiger partial charge in [-0.25, -0.2) is 0 Å². The topological polar surface area (TPSA) is 86.3 Å². The normalized spacial score (nSPS) is 11.1. The third-order valence-corrected chi connectivity index (χ3v) is 6.34. The van der Waals surface area contributed by atoms with Gasteiger partial charge in [0.2, 0.25) is 5.16 Å². The Bertz CT molecular complexity index is 1360. The molecule has 5 rings (SSSR count). The second kappa shape index (κ2) is 11.1. The van der Waals surface area contributed by atoms with Gasteiger partial charge in [0.05, 0.1) is 12.2 Å². The fraction of sp³-hybridized carbons (Fsp3) is 0.192. The molecule has 0 unspecified atom stereocenters. The SMILES string of the molecule is Cc1cccc(Cn2nc(CNCCSc3nnnn3-c3ccccc3)c(-c3ccccc3)n2)c1. The van der Waals surface area contributed by atoms with E-state index in [0.717, 1.165) is 40.1 Å². The summed E-state index contributed by atoms with van der Waals surface area (Å²) in [6, 6.07) is 28.6. The quantitative estimate of drug-likeness (QED) is 0.236. The van der Waals surface area contributed by atoms with Crippen molar-refractivity contribution in [3.8, 4) is 16.9 Å². The van der Waals surface area contributed by atoms with E-state index in [-0.39, 0.29) is 0 Å². The largest absolute Gasteiger partial charge is 0.310 e. The van der Waals surface area contributed by atoms with Gasteiger partial charge in [-0.1, -0.05) is 90.1 Å². The average Bonchev–Trinajstić information content (AvgIpc) is 3.52. The number of benzene rings is 3. The number of nitrogens with zero attached hydrogens (tertiary/aromatic N) is 7. The van der Waals surface area contributed by atoms with E-state index >= 15 is 0 Å². The smallest absolute Gasteiger partial charge is 0.214 e. The van der Waals surface area contributed by atoms with Crippen molar-refractivity contribution in [2.45, 2.75) is 25.2 Å². The van der Waals surface area contributed by atoms with Crippen molar-refractivity contribution in [2.24, 2.45) is 0 Å². The first-order valence-electron chi connectivity index (χ1n) is 11.5. The maximum Gasteiger partial charge on any atom is 0.214 e. The van der Waals surface area contributed by atoms with Gasteiger partial charge in [0.25, 0.3) is 0 Å². The maximum atomic E-state index is 4.82. The first-order valence-corrected chi connectivity index (χ1v) is 12.5. The highest BCUT2D eigenvalue weighted by Crippen LogP contribution is 2.21. The molecule has 5 aromatic rings. The summed E-state index contributed by atoms with van der Waals surface area (Å²) in [4.78, 5) is 1.79. The van der Waals surface area contributed by atoms with E-state index in [1.54, 1.807) is 21.2 Å². The standard InChI is InChI=1S/C26H26N8S/c1-20-9-8-10-21(17-20)19-33-29-24(25(30-33)22-11-4-2-5-12-22)18-27-15-16-35-26-28-31-32-34(26)23-13-6-3-7-14-23/h2-14,17,27H,15-16,18-19H2,1H3. The van der Waals surface area contributed by atoms with Crippen molar-refractivity contribution in [2.75, 3.05) is 12.3 Å². The highest BCUT2D eigenvalue weighted by atomic mass is 32.2. The predicted octanol–water partition coefficient (Wildman–Crippen LogP) is 4.16. The average molecular weight is 483 g/mol. The van der Waals surface area contributed by atoms with Gasteiger partial charge in [0.15, 0.2) is 0 Å². The monoisotopic (exact) mass is 482 g/mol. The van der Waals surface area contributed by atoms with Crippen LogP contribution in [0.15, 0.2) is 90.1 Å². The molecule has 0 fully saturated rings. The van der Waals surface area contributed by atoms with Gasteiger partial charge in [-0.3, -0.25) is 0 Å². The third kappa shape index (κ3) is 5.82. The minimum absolute atomic E-state index is 0.627. The summed E-state index contributed by atoms with van der Waals surface area (Å²) in [7, 11) is 0. The van der Waals surface area contributed by atoms with E-state index in [1.165, 1.54) is 11.1 Å². The Morgan fingerprint density at radius 2 is 1.69 bits per heavy atom. The number of hydrogen-bond donors (Lipinski definition) is 1. The maximum absolute atomic E-state index is 4.82. The molecule has 0 aliphatic rings. The lowest BCUT2D eigenvalue weighted by Crippen LogP contribution is -2.18. The number of aromatic nitrogens is 7. The fourth-order valence-electron chi connectivity index (χ4n) is 3.79. The Balaban J connectivity index is 1.23. The van der Waals surface area contributed by atoms with Crippen LogP contribution in [0.1, 0.15) is 16.8 Å². The number of nitrogens with one attached hydrogen (secondary N) is 1. The van der Waals surface area contributed by atoms with E-state index < -0.39 is 0 Å². The Hall–Kier alpha value is -3.82. The molecule has 9 heteroatoms. The van der Waals surface area contributed by atoms with Gasteiger partial charge < -0.3 is 5.32 Å². The van der Waals surface area contributed by atoms with Crippen LogP contribution >= 0.6 is 11.8 Å². The molecule has 35 heavy (non-hydrogen) atoms. The highest BCUT2D eigenvalue weighted by Gasteiger charge is 2.14. The summed E-state index contributed by atoms with van der Waals surface area (Å²) >= 11 is 1.62. The van der Waals surface area contributed by atoms with E-state index in [2.05, 4.69) is 64.2 Å². The predicted molar refractivity (Wildman–Crippen MR) is 137 cm³/mol. The van der Waals surface area contributed by atoms with Crippen LogP contribution in [0, 0.1) is 6.92 Å². The lowest BCUT2D eigenvalue weighted by Gasteiger charge is -2.05. The summed E-state index contributed by atoms with van der Waals surface area (Å²) < 4.78 is 1.76. The van der Waals surface area contributed by atoms with Crippen LogP contribution in [0.4, 0.5) is 0 Å². The molecular formula is C26H26N8S. The molecule has 2 aromatic heterocycles. The minimum atomic E-state index is 0.627. The molecule has 0 spiro atoms. The lowest BCUT2D eigenvalue weighted by atomic mass is 10.1. The first-order chi connectivity index (χ1) is 17.3. The van der Waals surface area contributed by atoms with E-state index in [4.69, 9.17) is 10.2 Å². The number of aryl methyl sites for hydroxylation is 1. The van der Waals surface area contributed by atoms with Crippen molar-refractivity contribution >= 4 is 11.8 Å². The van der Waals surface area contributed by atoms with Gasteiger partial charge in [0.1, 0.15) is 11.4 Å². The molecular weight excluding hydrogens is 456 g/mol. The van der Waals surface area contributed by atoms with Crippen molar-refractivity contribution in [1.82, 2.24) is 40.5 Å². The molecule has 2 heterocycles. The highest BCUT2D eigenvalue weighted by molar-refractivity contribution is 7.99. The van der Waals surface area contributed by atoms with Crippen LogP contribution in [0.25, 0.3) is 16.9 Å². The van der Waals surface area contributed by atoms with Gasteiger partial charge >= 0.3 is 0 Å². The second-order valence-electron chi connectivity index (χ2n) is 8.11. The molecule has 0 aliphatic heterocycles. The molecule has 0 aliphatic carbocycles. The van der Waals surface area contributed by atoms with E-state index in [9.17, 15) is 0 Å². The van der Waals surface area contributed by atoms with Crippen molar-refractivity contribution in [3.63, 3.8) is 0 Å². The Kier molecular flexibility index (Phi) is 7.26. The molecule has 3 aromatic carbocycles. The Labute approximate surface area is 208 Å². The van der Waals surface area contributed by atoms with Gasteiger partial charge in [0, 0.05) is 24.4 Å². The van der Waals surface area contributed by atoms with Crippen LogP contribution in [0.5, 0.6) is 0 Å². The summed E-state index contributed by atoms with van der Waals surface area (Å²) in [5, 5.41) is 26.0. The third-order valence-electron chi connectivity index (χ3n) is 5.42. The molecule has 1 N–H and O–H groups in total. The zero-order valence-electron chi connectivity index (χ0n) is 19.5. The van der Waals surface area contributed by atoms with Gasteiger partial charge in [-0.15, -0.1) is 5.10 Å². The van der Waals surface area contributed by atoms with Crippen LogP contribution in [0.3, 0.4) is 0 Å². The molecule has 176 valence electrons. The van der Waals surface area contributed by atoms with Crippen LogP contribution in [0.2, 0.25) is 0 Å². The van der Waals surface area contributed by atoms with Crippen molar-refractivity contribution in [1.29, 1.82) is 0 Å². The summed E-state index contributed by atoms with van der Waals surface area (Å²) in [6.07, 6.45) is 0. The zero-order valence-corrected chi connectivity index (χ0v) is 20.3. The lowest BCUT2D eigenvalue weighted by molar-refractivity contribution is 0.579. The number of hydrogen-bond acceptors (Lipinski definition) is 7. The summed E-state index contributed by atoms with van der Waals surface area (Å²) in [6.45, 7) is 4.15. The number of tetrazole rings is 1. The molecule has 0 amide bonds. The first kappa shape index (κ1) is 22.9. The van der Waals surface area contributed by atoms with E-state index in [1.807, 2.05) is 48.5 Å². The zero-order chi connectivity index (χ0) is 23.9.